The Morgan fingerprint density at radius 2 is 2.16 bits per heavy atom. The van der Waals surface area contributed by atoms with E-state index in [1.807, 2.05) is 0 Å². The van der Waals surface area contributed by atoms with Crippen molar-refractivity contribution in [2.24, 2.45) is 5.92 Å². The van der Waals surface area contributed by atoms with Gasteiger partial charge in [-0.3, -0.25) is 9.48 Å². The van der Waals surface area contributed by atoms with E-state index in [9.17, 15) is 4.79 Å². The van der Waals surface area contributed by atoms with Crippen LogP contribution in [0.4, 0.5) is 0 Å². The zero-order valence-electron chi connectivity index (χ0n) is 14.8. The normalized spacial score (nSPS) is 16.1. The van der Waals surface area contributed by atoms with Gasteiger partial charge < -0.3 is 10.1 Å². The molecule has 1 aliphatic rings. The molecule has 0 radical (unpaired) electrons. The van der Waals surface area contributed by atoms with Gasteiger partial charge in [0, 0.05) is 18.5 Å². The van der Waals surface area contributed by atoms with Crippen LogP contribution < -0.4 is 10.1 Å². The molecule has 1 saturated carbocycles. The highest BCUT2D eigenvalue weighted by atomic mass is 16.5. The lowest BCUT2D eigenvalue weighted by Crippen LogP contribution is -2.41. The van der Waals surface area contributed by atoms with Crippen molar-refractivity contribution in [3.63, 3.8) is 0 Å². The van der Waals surface area contributed by atoms with E-state index >= 15 is 0 Å². The number of pyridine rings is 1. The van der Waals surface area contributed by atoms with Crippen LogP contribution >= 0.6 is 0 Å². The summed E-state index contributed by atoms with van der Waals surface area (Å²) < 4.78 is 7.56. The molecule has 0 unspecified atom stereocenters. The lowest BCUT2D eigenvalue weighted by atomic mass is 10.0. The minimum Gasteiger partial charge on any atom is -0.474 e. The Labute approximate surface area is 147 Å². The SMILES string of the molecule is CC(C)[C@@H](Cn1ccnn1)NC(=O)c1ccc(OC2CCCC2)nc1. The summed E-state index contributed by atoms with van der Waals surface area (Å²) in [7, 11) is 0. The molecule has 2 aromatic heterocycles. The Morgan fingerprint density at radius 1 is 1.36 bits per heavy atom. The summed E-state index contributed by atoms with van der Waals surface area (Å²) in [5.74, 6) is 0.719. The van der Waals surface area contributed by atoms with Gasteiger partial charge in [-0.15, -0.1) is 5.10 Å². The number of carbonyl (C=O) groups is 1. The van der Waals surface area contributed by atoms with Crippen molar-refractivity contribution in [2.45, 2.75) is 58.2 Å². The topological polar surface area (TPSA) is 81.9 Å². The highest BCUT2D eigenvalue weighted by molar-refractivity contribution is 5.94. The number of ether oxygens (including phenoxy) is 1. The van der Waals surface area contributed by atoms with E-state index in [0.29, 0.717) is 18.0 Å². The number of nitrogens with zero attached hydrogens (tertiary/aromatic N) is 4. The minimum absolute atomic E-state index is 0.0383. The third-order valence-corrected chi connectivity index (χ3v) is 4.57. The van der Waals surface area contributed by atoms with Gasteiger partial charge in [-0.25, -0.2) is 4.98 Å². The second-order valence-electron chi connectivity index (χ2n) is 6.86. The maximum Gasteiger partial charge on any atom is 0.253 e. The van der Waals surface area contributed by atoms with Crippen LogP contribution in [-0.2, 0) is 6.54 Å². The summed E-state index contributed by atoms with van der Waals surface area (Å²) in [6, 6.07) is 3.50. The lowest BCUT2D eigenvalue weighted by Gasteiger charge is -2.22. The zero-order chi connectivity index (χ0) is 17.6. The molecule has 7 heteroatoms. The van der Waals surface area contributed by atoms with Gasteiger partial charge in [0.2, 0.25) is 5.88 Å². The molecule has 0 spiro atoms. The second kappa shape index (κ2) is 8.09. The molecule has 2 heterocycles. The molecule has 1 amide bonds. The largest absolute Gasteiger partial charge is 0.474 e. The summed E-state index contributed by atoms with van der Waals surface area (Å²) in [5, 5.41) is 10.8. The van der Waals surface area contributed by atoms with Gasteiger partial charge in [0.15, 0.2) is 0 Å². The molecule has 0 aliphatic heterocycles. The van der Waals surface area contributed by atoms with Crippen molar-refractivity contribution in [1.29, 1.82) is 0 Å². The van der Waals surface area contributed by atoms with Crippen LogP contribution in [0, 0.1) is 5.92 Å². The Balaban J connectivity index is 1.59. The number of nitrogens with one attached hydrogen (secondary N) is 1. The van der Waals surface area contributed by atoms with Crippen molar-refractivity contribution in [3.8, 4) is 5.88 Å². The number of hydrogen-bond acceptors (Lipinski definition) is 5. The van der Waals surface area contributed by atoms with Crippen molar-refractivity contribution in [3.05, 3.63) is 36.3 Å². The molecule has 1 N–H and O–H groups in total. The molecule has 0 bridgehead atoms. The fraction of sp³-hybridized carbons (Fsp3) is 0.556. The molecule has 1 atom stereocenters. The quantitative estimate of drug-likeness (QED) is 0.835. The summed E-state index contributed by atoms with van der Waals surface area (Å²) in [5.41, 5.74) is 0.531. The molecular weight excluding hydrogens is 318 g/mol. The second-order valence-corrected chi connectivity index (χ2v) is 6.86. The summed E-state index contributed by atoms with van der Waals surface area (Å²) in [6.07, 6.45) is 9.86. The molecule has 134 valence electrons. The molecule has 25 heavy (non-hydrogen) atoms. The van der Waals surface area contributed by atoms with Crippen molar-refractivity contribution in [1.82, 2.24) is 25.3 Å². The number of hydrogen-bond donors (Lipinski definition) is 1. The standard InChI is InChI=1S/C18H25N5O2/c1-13(2)16(12-23-10-9-20-22-23)21-18(24)14-7-8-17(19-11-14)25-15-5-3-4-6-15/h7-11,13,15-16H,3-6,12H2,1-2H3,(H,21,24)/t16-/m1/s1. The van der Waals surface area contributed by atoms with Crippen LogP contribution in [0.2, 0.25) is 0 Å². The summed E-state index contributed by atoms with van der Waals surface area (Å²) >= 11 is 0. The predicted molar refractivity (Wildman–Crippen MR) is 93.2 cm³/mol. The highest BCUT2D eigenvalue weighted by Crippen LogP contribution is 2.22. The maximum absolute atomic E-state index is 12.5. The van der Waals surface area contributed by atoms with Gasteiger partial charge in [0.25, 0.3) is 5.91 Å². The molecule has 2 aromatic rings. The first-order chi connectivity index (χ1) is 12.1. The first kappa shape index (κ1) is 17.4. The van der Waals surface area contributed by atoms with Crippen LogP contribution in [0.1, 0.15) is 49.9 Å². The molecule has 0 saturated heterocycles. The highest BCUT2D eigenvalue weighted by Gasteiger charge is 2.20. The molecule has 7 nitrogen and oxygen atoms in total. The van der Waals surface area contributed by atoms with Gasteiger partial charge in [0.05, 0.1) is 24.3 Å². The number of aromatic nitrogens is 4. The first-order valence-corrected chi connectivity index (χ1v) is 8.89. The van der Waals surface area contributed by atoms with Crippen LogP contribution in [-0.4, -0.2) is 38.0 Å². The monoisotopic (exact) mass is 343 g/mol. The Bertz CT molecular complexity index is 663. The van der Waals surface area contributed by atoms with Gasteiger partial charge in [-0.05, 0) is 37.7 Å². The fourth-order valence-electron chi connectivity index (χ4n) is 2.97. The van der Waals surface area contributed by atoms with Gasteiger partial charge in [-0.2, -0.15) is 0 Å². The Kier molecular flexibility index (Phi) is 5.63. The van der Waals surface area contributed by atoms with E-state index < -0.39 is 0 Å². The molecule has 1 aliphatic carbocycles. The number of carbonyl (C=O) groups excluding carboxylic acids is 1. The van der Waals surface area contributed by atoms with Gasteiger partial charge in [0.1, 0.15) is 6.10 Å². The third kappa shape index (κ3) is 4.78. The van der Waals surface area contributed by atoms with Crippen molar-refractivity contribution >= 4 is 5.91 Å². The number of amides is 1. The van der Waals surface area contributed by atoms with Crippen LogP contribution in [0.5, 0.6) is 5.88 Å². The van der Waals surface area contributed by atoms with E-state index in [1.165, 1.54) is 12.8 Å². The molecule has 1 fully saturated rings. The maximum atomic E-state index is 12.5. The van der Waals surface area contributed by atoms with Crippen LogP contribution in [0.25, 0.3) is 0 Å². The smallest absolute Gasteiger partial charge is 0.253 e. The summed E-state index contributed by atoms with van der Waals surface area (Å²) in [4.78, 5) is 16.8. The zero-order valence-corrected chi connectivity index (χ0v) is 14.8. The Morgan fingerprint density at radius 3 is 2.76 bits per heavy atom. The van der Waals surface area contributed by atoms with Gasteiger partial charge in [-0.1, -0.05) is 19.1 Å². The fourth-order valence-corrected chi connectivity index (χ4v) is 2.97. The van der Waals surface area contributed by atoms with E-state index in [0.717, 1.165) is 12.8 Å². The average Bonchev–Trinajstić information content (AvgIpc) is 3.28. The average molecular weight is 343 g/mol. The molecular formula is C18H25N5O2. The lowest BCUT2D eigenvalue weighted by molar-refractivity contribution is 0.0918. The van der Waals surface area contributed by atoms with E-state index in [4.69, 9.17) is 4.74 Å². The van der Waals surface area contributed by atoms with Gasteiger partial charge >= 0.3 is 0 Å². The third-order valence-electron chi connectivity index (χ3n) is 4.57. The Hall–Kier alpha value is -2.44. The van der Waals surface area contributed by atoms with Crippen molar-refractivity contribution in [2.75, 3.05) is 0 Å². The van der Waals surface area contributed by atoms with E-state index in [-0.39, 0.29) is 24.0 Å². The first-order valence-electron chi connectivity index (χ1n) is 8.89. The molecule has 0 aromatic carbocycles. The van der Waals surface area contributed by atoms with Crippen LogP contribution in [0.15, 0.2) is 30.7 Å². The van der Waals surface area contributed by atoms with Crippen molar-refractivity contribution < 1.29 is 9.53 Å². The number of rotatable bonds is 7. The van der Waals surface area contributed by atoms with E-state index in [1.54, 1.807) is 35.4 Å². The minimum atomic E-state index is -0.140. The predicted octanol–water partition coefficient (Wildman–Crippen LogP) is 2.45. The molecule has 3 rings (SSSR count). The van der Waals surface area contributed by atoms with Crippen LogP contribution in [0.3, 0.4) is 0 Å². The summed E-state index contributed by atoms with van der Waals surface area (Å²) in [6.45, 7) is 4.72. The van der Waals surface area contributed by atoms with E-state index in [2.05, 4.69) is 34.5 Å².